The van der Waals surface area contributed by atoms with E-state index >= 15 is 0 Å². The zero-order chi connectivity index (χ0) is 16.9. The highest BCUT2D eigenvalue weighted by molar-refractivity contribution is 7.09. The second-order valence-corrected chi connectivity index (χ2v) is 6.35. The minimum Gasteiger partial charge on any atom is -0.337 e. The van der Waals surface area contributed by atoms with Crippen LogP contribution in [0.25, 0.3) is 5.69 Å². The van der Waals surface area contributed by atoms with Gasteiger partial charge in [-0.2, -0.15) is 0 Å². The summed E-state index contributed by atoms with van der Waals surface area (Å²) < 4.78 is 1.63. The van der Waals surface area contributed by atoms with Gasteiger partial charge in [-0.3, -0.25) is 0 Å². The molecule has 124 valence electrons. The average Bonchev–Trinajstić information content (AvgIpc) is 3.24. The fourth-order valence-electron chi connectivity index (χ4n) is 2.18. The van der Waals surface area contributed by atoms with Gasteiger partial charge < -0.3 is 10.6 Å². The molecule has 8 heteroatoms. The molecule has 2 N–H and O–H groups in total. The van der Waals surface area contributed by atoms with Crippen LogP contribution in [0.2, 0.25) is 0 Å². The van der Waals surface area contributed by atoms with Gasteiger partial charge in [0.15, 0.2) is 0 Å². The van der Waals surface area contributed by atoms with E-state index in [1.54, 1.807) is 28.4 Å². The van der Waals surface area contributed by atoms with Crippen LogP contribution >= 0.6 is 11.3 Å². The third kappa shape index (κ3) is 3.96. The van der Waals surface area contributed by atoms with E-state index in [0.717, 1.165) is 16.4 Å². The van der Waals surface area contributed by atoms with Crippen molar-refractivity contribution >= 4 is 23.1 Å². The molecule has 0 aliphatic heterocycles. The molecule has 7 nitrogen and oxygen atoms in total. The molecule has 0 aliphatic rings. The maximum atomic E-state index is 12.1. The van der Waals surface area contributed by atoms with Crippen molar-refractivity contribution in [3.8, 4) is 5.69 Å². The van der Waals surface area contributed by atoms with Crippen LogP contribution in [0.3, 0.4) is 0 Å². The number of aryl methyl sites for hydroxylation is 1. The van der Waals surface area contributed by atoms with Crippen molar-refractivity contribution in [3.05, 3.63) is 52.7 Å². The SMILES string of the molecule is Cc1csc(C(C)CNC(=O)Nc2cccc(-n3ccnn3)c2)n1. The lowest BCUT2D eigenvalue weighted by Gasteiger charge is -2.12. The summed E-state index contributed by atoms with van der Waals surface area (Å²) in [6.45, 7) is 4.54. The topological polar surface area (TPSA) is 84.7 Å². The number of hydrogen-bond donors (Lipinski definition) is 2. The van der Waals surface area contributed by atoms with Gasteiger partial charge in [-0.05, 0) is 25.1 Å². The molecule has 0 saturated carbocycles. The van der Waals surface area contributed by atoms with Gasteiger partial charge in [-0.1, -0.05) is 18.2 Å². The maximum absolute atomic E-state index is 12.1. The van der Waals surface area contributed by atoms with Crippen LogP contribution in [0, 0.1) is 6.92 Å². The van der Waals surface area contributed by atoms with Crippen molar-refractivity contribution in [2.24, 2.45) is 0 Å². The molecule has 0 bridgehead atoms. The highest BCUT2D eigenvalue weighted by atomic mass is 32.1. The first-order valence-corrected chi connectivity index (χ1v) is 8.43. The van der Waals surface area contributed by atoms with Crippen LogP contribution in [-0.2, 0) is 0 Å². The van der Waals surface area contributed by atoms with Gasteiger partial charge in [0.1, 0.15) is 0 Å². The Labute approximate surface area is 143 Å². The standard InChI is InChI=1S/C16H18N6OS/c1-11(15-19-12(2)10-24-15)9-17-16(23)20-13-4-3-5-14(8-13)22-7-6-18-21-22/h3-8,10-11H,9H2,1-2H3,(H2,17,20,23). The largest absolute Gasteiger partial charge is 0.337 e. The first-order valence-electron chi connectivity index (χ1n) is 7.55. The highest BCUT2D eigenvalue weighted by Gasteiger charge is 2.11. The van der Waals surface area contributed by atoms with Crippen LogP contribution in [0.5, 0.6) is 0 Å². The van der Waals surface area contributed by atoms with Gasteiger partial charge in [0.05, 0.1) is 23.1 Å². The fraction of sp³-hybridized carbons (Fsp3) is 0.250. The smallest absolute Gasteiger partial charge is 0.319 e. The Balaban J connectivity index is 1.56. The molecular formula is C16H18N6OS. The van der Waals surface area contributed by atoms with Crippen molar-refractivity contribution in [2.45, 2.75) is 19.8 Å². The van der Waals surface area contributed by atoms with E-state index in [1.807, 2.05) is 43.5 Å². The summed E-state index contributed by atoms with van der Waals surface area (Å²) in [5, 5.41) is 16.5. The normalized spacial score (nSPS) is 11.9. The molecule has 0 aliphatic carbocycles. The summed E-state index contributed by atoms with van der Waals surface area (Å²) in [4.78, 5) is 16.5. The molecule has 1 unspecified atom stereocenters. The number of nitrogens with one attached hydrogen (secondary N) is 2. The number of thiazole rings is 1. The molecule has 1 atom stereocenters. The van der Waals surface area contributed by atoms with Crippen LogP contribution in [0.4, 0.5) is 10.5 Å². The second-order valence-electron chi connectivity index (χ2n) is 5.46. The number of rotatable bonds is 5. The van der Waals surface area contributed by atoms with Crippen molar-refractivity contribution < 1.29 is 4.79 Å². The number of anilines is 1. The third-order valence-electron chi connectivity index (χ3n) is 3.42. The minimum atomic E-state index is -0.245. The van der Waals surface area contributed by atoms with Crippen molar-refractivity contribution in [3.63, 3.8) is 0 Å². The van der Waals surface area contributed by atoms with Gasteiger partial charge in [-0.25, -0.2) is 14.5 Å². The van der Waals surface area contributed by atoms with Crippen LogP contribution in [0.1, 0.15) is 23.5 Å². The zero-order valence-corrected chi connectivity index (χ0v) is 14.2. The lowest BCUT2D eigenvalue weighted by molar-refractivity contribution is 0.251. The summed E-state index contributed by atoms with van der Waals surface area (Å²) in [5.41, 5.74) is 2.53. The van der Waals surface area contributed by atoms with Crippen LogP contribution < -0.4 is 10.6 Å². The Bertz CT molecular complexity index is 814. The predicted molar refractivity (Wildman–Crippen MR) is 93.6 cm³/mol. The minimum absolute atomic E-state index is 0.177. The highest BCUT2D eigenvalue weighted by Crippen LogP contribution is 2.19. The number of nitrogens with zero attached hydrogens (tertiary/aromatic N) is 4. The first-order chi connectivity index (χ1) is 11.6. The number of aromatic nitrogens is 4. The summed E-state index contributed by atoms with van der Waals surface area (Å²) >= 11 is 1.62. The van der Waals surface area contributed by atoms with E-state index in [9.17, 15) is 4.79 Å². The predicted octanol–water partition coefficient (Wildman–Crippen LogP) is 2.96. The third-order valence-corrected chi connectivity index (χ3v) is 4.61. The van der Waals surface area contributed by atoms with Gasteiger partial charge >= 0.3 is 6.03 Å². The first kappa shape index (κ1) is 16.1. The number of carbonyl (C=O) groups is 1. The Kier molecular flexibility index (Phi) is 4.85. The van der Waals surface area contributed by atoms with Crippen LogP contribution in [0.15, 0.2) is 42.0 Å². The number of benzene rings is 1. The van der Waals surface area contributed by atoms with E-state index in [1.165, 1.54) is 0 Å². The van der Waals surface area contributed by atoms with E-state index in [4.69, 9.17) is 0 Å². The second kappa shape index (κ2) is 7.22. The Hall–Kier alpha value is -2.74. The monoisotopic (exact) mass is 342 g/mol. The molecule has 0 radical (unpaired) electrons. The molecule has 2 aromatic heterocycles. The Morgan fingerprint density at radius 2 is 2.29 bits per heavy atom. The fourth-order valence-corrected chi connectivity index (χ4v) is 3.04. The van der Waals surface area contributed by atoms with Crippen molar-refractivity contribution in [2.75, 3.05) is 11.9 Å². The molecule has 0 fully saturated rings. The molecular weight excluding hydrogens is 324 g/mol. The summed E-state index contributed by atoms with van der Waals surface area (Å²) in [5.74, 6) is 0.177. The van der Waals surface area contributed by atoms with E-state index < -0.39 is 0 Å². The molecule has 24 heavy (non-hydrogen) atoms. The van der Waals surface area contributed by atoms with E-state index in [-0.39, 0.29) is 11.9 Å². The lowest BCUT2D eigenvalue weighted by atomic mass is 10.2. The zero-order valence-electron chi connectivity index (χ0n) is 13.4. The molecule has 2 amide bonds. The molecule has 0 saturated heterocycles. The van der Waals surface area contributed by atoms with Crippen LogP contribution in [-0.4, -0.2) is 32.6 Å². The number of carbonyl (C=O) groups excluding carboxylic acids is 1. The van der Waals surface area contributed by atoms with E-state index in [2.05, 4.69) is 25.9 Å². The van der Waals surface area contributed by atoms with Crippen molar-refractivity contribution in [1.82, 2.24) is 25.3 Å². The quantitative estimate of drug-likeness (QED) is 0.746. The van der Waals surface area contributed by atoms with Crippen molar-refractivity contribution in [1.29, 1.82) is 0 Å². The van der Waals surface area contributed by atoms with E-state index in [0.29, 0.717) is 12.2 Å². The molecule has 2 heterocycles. The Morgan fingerprint density at radius 3 is 3.00 bits per heavy atom. The molecule has 3 rings (SSSR count). The molecule has 0 spiro atoms. The molecule has 3 aromatic rings. The summed E-state index contributed by atoms with van der Waals surface area (Å²) in [6.07, 6.45) is 3.35. The summed E-state index contributed by atoms with van der Waals surface area (Å²) in [7, 11) is 0. The van der Waals surface area contributed by atoms with Gasteiger partial charge in [-0.15, -0.1) is 16.4 Å². The number of urea groups is 1. The lowest BCUT2D eigenvalue weighted by Crippen LogP contribution is -2.31. The van der Waals surface area contributed by atoms with Gasteiger partial charge in [0, 0.05) is 29.2 Å². The summed E-state index contributed by atoms with van der Waals surface area (Å²) in [6, 6.07) is 7.17. The maximum Gasteiger partial charge on any atom is 0.319 e. The number of hydrogen-bond acceptors (Lipinski definition) is 5. The van der Waals surface area contributed by atoms with Gasteiger partial charge in [0.25, 0.3) is 0 Å². The molecule has 1 aromatic carbocycles. The number of amides is 2. The van der Waals surface area contributed by atoms with Gasteiger partial charge in [0.2, 0.25) is 0 Å². The average molecular weight is 342 g/mol. The Morgan fingerprint density at radius 1 is 1.42 bits per heavy atom.